The van der Waals surface area contributed by atoms with E-state index in [1.165, 1.54) is 12.1 Å². The largest absolute Gasteiger partial charge is 0.352 e. The second kappa shape index (κ2) is 10.7. The highest BCUT2D eigenvalue weighted by Gasteiger charge is 2.29. The van der Waals surface area contributed by atoms with Crippen LogP contribution in [0.25, 0.3) is 0 Å². The number of hydrogen-bond donors (Lipinski definition) is 1. The van der Waals surface area contributed by atoms with Crippen LogP contribution in [0.4, 0.5) is 4.39 Å². The zero-order valence-corrected chi connectivity index (χ0v) is 17.7. The van der Waals surface area contributed by atoms with Gasteiger partial charge in [0.1, 0.15) is 11.9 Å². The van der Waals surface area contributed by atoms with Crippen LogP contribution >= 0.6 is 0 Å². The number of hydrogen-bond acceptors (Lipinski definition) is 2. The molecule has 0 bridgehead atoms. The molecule has 5 heteroatoms. The third-order valence-corrected chi connectivity index (χ3v) is 5.26. The van der Waals surface area contributed by atoms with Gasteiger partial charge in [-0.2, -0.15) is 0 Å². The Morgan fingerprint density at radius 1 is 1.03 bits per heavy atom. The highest BCUT2D eigenvalue weighted by Crippen LogP contribution is 2.17. The van der Waals surface area contributed by atoms with Crippen LogP contribution in [0.15, 0.2) is 48.5 Å². The lowest BCUT2D eigenvalue weighted by atomic mass is 10.0. The van der Waals surface area contributed by atoms with Gasteiger partial charge in [0.25, 0.3) is 0 Å². The molecule has 0 heterocycles. The van der Waals surface area contributed by atoms with E-state index in [-0.39, 0.29) is 36.6 Å². The van der Waals surface area contributed by atoms with Crippen LogP contribution in [0.5, 0.6) is 0 Å². The second-order valence-electron chi connectivity index (χ2n) is 7.49. The minimum Gasteiger partial charge on any atom is -0.352 e. The summed E-state index contributed by atoms with van der Waals surface area (Å²) in [7, 11) is 0. The van der Waals surface area contributed by atoms with E-state index < -0.39 is 6.04 Å². The Balaban J connectivity index is 2.29. The number of nitrogens with one attached hydrogen (secondary N) is 1. The van der Waals surface area contributed by atoms with Crippen molar-refractivity contribution in [2.75, 3.05) is 0 Å². The van der Waals surface area contributed by atoms with Crippen LogP contribution in [0.1, 0.15) is 50.3 Å². The van der Waals surface area contributed by atoms with Crippen LogP contribution in [-0.4, -0.2) is 28.8 Å². The summed E-state index contributed by atoms with van der Waals surface area (Å²) in [5.41, 5.74) is 2.78. The van der Waals surface area contributed by atoms with Gasteiger partial charge in [-0.15, -0.1) is 0 Å². The molecular weight excluding hydrogens is 367 g/mol. The van der Waals surface area contributed by atoms with E-state index in [9.17, 15) is 14.0 Å². The first-order valence-corrected chi connectivity index (χ1v) is 10.2. The third kappa shape index (κ3) is 6.41. The molecule has 0 radical (unpaired) electrons. The van der Waals surface area contributed by atoms with Gasteiger partial charge in [-0.1, -0.05) is 50.2 Å². The topological polar surface area (TPSA) is 49.4 Å². The van der Waals surface area contributed by atoms with Crippen LogP contribution in [0.3, 0.4) is 0 Å². The summed E-state index contributed by atoms with van der Waals surface area (Å²) in [6, 6.07) is 13.3. The predicted molar refractivity (Wildman–Crippen MR) is 114 cm³/mol. The maximum Gasteiger partial charge on any atom is 0.243 e. The molecule has 2 aromatic rings. The smallest absolute Gasteiger partial charge is 0.243 e. The van der Waals surface area contributed by atoms with Crippen molar-refractivity contribution in [2.24, 2.45) is 0 Å². The average Bonchev–Trinajstić information content (AvgIpc) is 2.70. The normalized spacial score (nSPS) is 12.9. The molecule has 0 saturated heterocycles. The number of carbonyl (C=O) groups is 2. The first kappa shape index (κ1) is 22.6. The summed E-state index contributed by atoms with van der Waals surface area (Å²) in [6.45, 7) is 8.09. The van der Waals surface area contributed by atoms with Gasteiger partial charge in [-0.05, 0) is 55.5 Å². The molecule has 29 heavy (non-hydrogen) atoms. The molecule has 0 fully saturated rings. The Bertz CT molecular complexity index is 820. The van der Waals surface area contributed by atoms with Crippen molar-refractivity contribution in [1.82, 2.24) is 10.2 Å². The lowest BCUT2D eigenvalue weighted by Gasteiger charge is -2.31. The van der Waals surface area contributed by atoms with Crippen molar-refractivity contribution in [3.63, 3.8) is 0 Å². The molecule has 0 aliphatic rings. The fraction of sp³-hybridized carbons (Fsp3) is 0.417. The quantitative estimate of drug-likeness (QED) is 0.681. The summed E-state index contributed by atoms with van der Waals surface area (Å²) in [6.07, 6.45) is 1.54. The molecule has 2 aromatic carbocycles. The zero-order valence-electron chi connectivity index (χ0n) is 17.7. The van der Waals surface area contributed by atoms with Crippen molar-refractivity contribution in [1.29, 1.82) is 0 Å². The molecule has 2 atom stereocenters. The molecule has 0 aliphatic carbocycles. The summed E-state index contributed by atoms with van der Waals surface area (Å²) < 4.78 is 13.3. The fourth-order valence-electron chi connectivity index (χ4n) is 3.22. The maximum absolute atomic E-state index is 13.3. The van der Waals surface area contributed by atoms with Crippen molar-refractivity contribution < 1.29 is 14.0 Å². The van der Waals surface area contributed by atoms with Gasteiger partial charge in [0.2, 0.25) is 11.8 Å². The van der Waals surface area contributed by atoms with Gasteiger partial charge < -0.3 is 10.2 Å². The Morgan fingerprint density at radius 3 is 2.28 bits per heavy atom. The standard InChI is InChI=1S/C24H31FN2O2/c1-5-18(4)26-24(29)22(6-2)27(16-19-11-13-21(25)14-12-19)23(28)15-20-10-8-7-9-17(20)3/h7-14,18,22H,5-6,15-16H2,1-4H3,(H,26,29). The molecule has 2 amide bonds. The molecule has 4 nitrogen and oxygen atoms in total. The molecular formula is C24H31FN2O2. The zero-order chi connectivity index (χ0) is 21.4. The molecule has 2 unspecified atom stereocenters. The molecule has 0 spiro atoms. The Hall–Kier alpha value is -2.69. The number of amides is 2. The van der Waals surface area contributed by atoms with E-state index in [0.717, 1.165) is 23.1 Å². The second-order valence-corrected chi connectivity index (χ2v) is 7.49. The molecule has 156 valence electrons. The van der Waals surface area contributed by atoms with Gasteiger partial charge in [-0.3, -0.25) is 9.59 Å². The van der Waals surface area contributed by atoms with Crippen LogP contribution in [0.2, 0.25) is 0 Å². The molecule has 2 rings (SSSR count). The molecule has 1 N–H and O–H groups in total. The predicted octanol–water partition coefficient (Wildman–Crippen LogP) is 4.40. The van der Waals surface area contributed by atoms with E-state index >= 15 is 0 Å². The number of aryl methyl sites for hydroxylation is 1. The van der Waals surface area contributed by atoms with E-state index in [4.69, 9.17) is 0 Å². The van der Waals surface area contributed by atoms with E-state index in [1.54, 1.807) is 17.0 Å². The molecule has 0 aromatic heterocycles. The van der Waals surface area contributed by atoms with Gasteiger partial charge in [-0.25, -0.2) is 4.39 Å². The average molecular weight is 399 g/mol. The van der Waals surface area contributed by atoms with Crippen molar-refractivity contribution in [2.45, 2.75) is 65.6 Å². The monoisotopic (exact) mass is 398 g/mol. The summed E-state index contributed by atoms with van der Waals surface area (Å²) >= 11 is 0. The minimum absolute atomic E-state index is 0.0377. The highest BCUT2D eigenvalue weighted by molar-refractivity contribution is 5.88. The number of nitrogens with zero attached hydrogens (tertiary/aromatic N) is 1. The van der Waals surface area contributed by atoms with Crippen LogP contribution < -0.4 is 5.32 Å². The van der Waals surface area contributed by atoms with Crippen LogP contribution in [0, 0.1) is 12.7 Å². The molecule has 0 saturated carbocycles. The Morgan fingerprint density at radius 2 is 1.69 bits per heavy atom. The highest BCUT2D eigenvalue weighted by atomic mass is 19.1. The summed E-state index contributed by atoms with van der Waals surface area (Å²) in [5.74, 6) is -0.593. The van der Waals surface area contributed by atoms with E-state index in [0.29, 0.717) is 6.42 Å². The van der Waals surface area contributed by atoms with Gasteiger partial charge in [0.15, 0.2) is 0 Å². The van der Waals surface area contributed by atoms with Crippen LogP contribution in [-0.2, 0) is 22.6 Å². The first-order valence-electron chi connectivity index (χ1n) is 10.2. The first-order chi connectivity index (χ1) is 13.8. The fourth-order valence-corrected chi connectivity index (χ4v) is 3.22. The molecule has 0 aliphatic heterocycles. The van der Waals surface area contributed by atoms with Gasteiger partial charge >= 0.3 is 0 Å². The van der Waals surface area contributed by atoms with Gasteiger partial charge in [0, 0.05) is 12.6 Å². The lowest BCUT2D eigenvalue weighted by Crippen LogP contribution is -2.51. The maximum atomic E-state index is 13.3. The van der Waals surface area contributed by atoms with Crippen molar-refractivity contribution in [3.05, 3.63) is 71.0 Å². The van der Waals surface area contributed by atoms with E-state index in [1.807, 2.05) is 52.0 Å². The van der Waals surface area contributed by atoms with Crippen molar-refractivity contribution >= 4 is 11.8 Å². The number of halogens is 1. The van der Waals surface area contributed by atoms with E-state index in [2.05, 4.69) is 5.32 Å². The minimum atomic E-state index is -0.578. The van der Waals surface area contributed by atoms with Gasteiger partial charge in [0.05, 0.1) is 6.42 Å². The lowest BCUT2D eigenvalue weighted by molar-refractivity contribution is -0.141. The summed E-state index contributed by atoms with van der Waals surface area (Å²) in [5, 5.41) is 2.99. The number of rotatable bonds is 9. The number of benzene rings is 2. The Kier molecular flexibility index (Phi) is 8.37. The third-order valence-electron chi connectivity index (χ3n) is 5.26. The van der Waals surface area contributed by atoms with Crippen molar-refractivity contribution in [3.8, 4) is 0 Å². The number of carbonyl (C=O) groups excluding carboxylic acids is 2. The SMILES string of the molecule is CCC(C)NC(=O)C(CC)N(Cc1ccc(F)cc1)C(=O)Cc1ccccc1C. The Labute approximate surface area is 173 Å². The summed E-state index contributed by atoms with van der Waals surface area (Å²) in [4.78, 5) is 27.8.